The van der Waals surface area contributed by atoms with E-state index in [1.165, 1.54) is 80.7 Å². The lowest BCUT2D eigenvalue weighted by atomic mass is 9.92. The highest BCUT2D eigenvalue weighted by molar-refractivity contribution is 7.27. The van der Waals surface area contributed by atoms with Gasteiger partial charge in [0.1, 0.15) is 0 Å². The summed E-state index contributed by atoms with van der Waals surface area (Å²) in [7, 11) is 0. The molecule has 0 bridgehead atoms. The lowest BCUT2D eigenvalue weighted by molar-refractivity contribution is 1.19. The number of benzene rings is 7. The molecule has 0 aliphatic rings. The van der Waals surface area contributed by atoms with Crippen LogP contribution in [0.1, 0.15) is 0 Å². The summed E-state index contributed by atoms with van der Waals surface area (Å²) >= 11 is 1.93. The van der Waals surface area contributed by atoms with Gasteiger partial charge in [0, 0.05) is 31.9 Å². The van der Waals surface area contributed by atoms with Crippen molar-refractivity contribution in [3.8, 4) is 27.9 Å². The number of hydrogen-bond donors (Lipinski definition) is 0. The third-order valence-electron chi connectivity index (χ3n) is 8.58. The second-order valence-electron chi connectivity index (χ2n) is 10.9. The van der Waals surface area contributed by atoms with Crippen LogP contribution in [0.4, 0.5) is 0 Å². The van der Waals surface area contributed by atoms with Crippen molar-refractivity contribution in [1.29, 1.82) is 0 Å². The Bertz CT molecular complexity index is 2440. The van der Waals surface area contributed by atoms with Gasteiger partial charge in [-0.25, -0.2) is 0 Å². The van der Waals surface area contributed by atoms with E-state index < -0.39 is 0 Å². The fourth-order valence-electron chi connectivity index (χ4n) is 6.77. The first-order valence-corrected chi connectivity index (χ1v) is 15.2. The SMILES string of the molecule is c1ccc(-c2cccc3c2sc2c3c(-c3cccc4ccccc34)cc3c4ccccc4n(-c4ccccc4)c32)cc1. The Kier molecular flexibility index (Phi) is 5.13. The monoisotopic (exact) mass is 551 g/mol. The highest BCUT2D eigenvalue weighted by Gasteiger charge is 2.23. The molecule has 9 rings (SSSR count). The zero-order valence-electron chi connectivity index (χ0n) is 22.8. The van der Waals surface area contributed by atoms with Gasteiger partial charge in [0.15, 0.2) is 0 Å². The Morgan fingerprint density at radius 3 is 1.93 bits per heavy atom. The second kappa shape index (κ2) is 9.17. The average Bonchev–Trinajstić information content (AvgIpc) is 3.61. The third kappa shape index (κ3) is 3.36. The molecule has 2 heteroatoms. The molecule has 9 aromatic rings. The second-order valence-corrected chi connectivity index (χ2v) is 11.9. The Balaban J connectivity index is 1.54. The smallest absolute Gasteiger partial charge is 0.0720 e. The fraction of sp³-hybridized carbons (Fsp3) is 0. The van der Waals surface area contributed by atoms with Crippen molar-refractivity contribution in [2.75, 3.05) is 0 Å². The molecule has 0 radical (unpaired) electrons. The fourth-order valence-corrected chi connectivity index (χ4v) is 8.17. The molecule has 196 valence electrons. The molecule has 0 saturated carbocycles. The topological polar surface area (TPSA) is 4.93 Å². The molecule has 0 spiro atoms. The Morgan fingerprint density at radius 2 is 1.07 bits per heavy atom. The van der Waals surface area contributed by atoms with Crippen LogP contribution in [0.15, 0.2) is 152 Å². The van der Waals surface area contributed by atoms with Gasteiger partial charge in [0.2, 0.25) is 0 Å². The van der Waals surface area contributed by atoms with E-state index in [0.29, 0.717) is 0 Å². The van der Waals surface area contributed by atoms with Crippen LogP contribution >= 0.6 is 11.3 Å². The maximum atomic E-state index is 2.47. The van der Waals surface area contributed by atoms with Gasteiger partial charge in [0.25, 0.3) is 0 Å². The maximum absolute atomic E-state index is 2.47. The van der Waals surface area contributed by atoms with Gasteiger partial charge in [-0.15, -0.1) is 11.3 Å². The minimum Gasteiger partial charge on any atom is -0.308 e. The van der Waals surface area contributed by atoms with E-state index in [0.717, 1.165) is 0 Å². The van der Waals surface area contributed by atoms with E-state index in [9.17, 15) is 0 Å². The van der Waals surface area contributed by atoms with Crippen molar-refractivity contribution in [3.05, 3.63) is 152 Å². The normalized spacial score (nSPS) is 11.8. The number of aromatic nitrogens is 1. The predicted molar refractivity (Wildman–Crippen MR) is 182 cm³/mol. The summed E-state index contributed by atoms with van der Waals surface area (Å²) in [5, 5.41) is 7.76. The molecule has 0 amide bonds. The van der Waals surface area contributed by atoms with Gasteiger partial charge >= 0.3 is 0 Å². The standard InChI is InChI=1S/C40H25NS/c1-3-13-27(14-4-1)30-21-12-23-33-37-34(31-22-11-16-26-15-7-8-19-29(26)31)25-35-32-20-9-10-24-36(32)41(28-17-5-2-6-18-28)38(35)40(37)42-39(30)33/h1-25H. The van der Waals surface area contributed by atoms with Crippen molar-refractivity contribution >= 4 is 64.1 Å². The zero-order chi connectivity index (χ0) is 27.6. The summed E-state index contributed by atoms with van der Waals surface area (Å²) in [6.07, 6.45) is 0. The van der Waals surface area contributed by atoms with Gasteiger partial charge in [0.05, 0.1) is 15.7 Å². The Hall–Kier alpha value is -5.18. The molecule has 0 aliphatic carbocycles. The van der Waals surface area contributed by atoms with Crippen LogP contribution in [0.2, 0.25) is 0 Å². The highest BCUT2D eigenvalue weighted by Crippen LogP contribution is 2.50. The van der Waals surface area contributed by atoms with Crippen LogP contribution < -0.4 is 0 Å². The van der Waals surface area contributed by atoms with E-state index >= 15 is 0 Å². The van der Waals surface area contributed by atoms with Gasteiger partial charge in [-0.2, -0.15) is 0 Å². The Labute approximate surface area is 247 Å². The molecular weight excluding hydrogens is 527 g/mol. The number of hydrogen-bond acceptors (Lipinski definition) is 1. The molecule has 0 fully saturated rings. The molecule has 0 N–H and O–H groups in total. The number of thiophene rings is 1. The van der Waals surface area contributed by atoms with Crippen LogP contribution in [0, 0.1) is 0 Å². The third-order valence-corrected chi connectivity index (χ3v) is 9.83. The molecule has 0 aliphatic heterocycles. The van der Waals surface area contributed by atoms with Crippen LogP contribution in [0.3, 0.4) is 0 Å². The number of rotatable bonds is 3. The van der Waals surface area contributed by atoms with E-state index in [2.05, 4.69) is 156 Å². The number of fused-ring (bicyclic) bond motifs is 8. The van der Waals surface area contributed by atoms with Crippen molar-refractivity contribution in [2.45, 2.75) is 0 Å². The first-order valence-electron chi connectivity index (χ1n) is 14.4. The van der Waals surface area contributed by atoms with Crippen LogP contribution in [-0.2, 0) is 0 Å². The van der Waals surface area contributed by atoms with Gasteiger partial charge in [-0.3, -0.25) is 0 Å². The molecule has 1 nitrogen and oxygen atoms in total. The Morgan fingerprint density at radius 1 is 0.429 bits per heavy atom. The summed E-state index contributed by atoms with van der Waals surface area (Å²) in [6, 6.07) is 55.2. The van der Waals surface area contributed by atoms with Crippen molar-refractivity contribution in [3.63, 3.8) is 0 Å². The summed E-state index contributed by atoms with van der Waals surface area (Å²) in [5.74, 6) is 0. The number of nitrogens with zero attached hydrogens (tertiary/aromatic N) is 1. The van der Waals surface area contributed by atoms with Crippen molar-refractivity contribution in [1.82, 2.24) is 4.57 Å². The van der Waals surface area contributed by atoms with E-state index in [-0.39, 0.29) is 0 Å². The minimum absolute atomic E-state index is 1.18. The van der Waals surface area contributed by atoms with Crippen molar-refractivity contribution in [2.24, 2.45) is 0 Å². The van der Waals surface area contributed by atoms with Crippen LogP contribution in [0.25, 0.3) is 80.7 Å². The summed E-state index contributed by atoms with van der Waals surface area (Å²) in [5.41, 5.74) is 8.80. The van der Waals surface area contributed by atoms with Crippen LogP contribution in [0.5, 0.6) is 0 Å². The lowest BCUT2D eigenvalue weighted by Crippen LogP contribution is -1.93. The molecule has 0 atom stereocenters. The molecular formula is C40H25NS. The first kappa shape index (κ1) is 23.5. The minimum atomic E-state index is 1.18. The van der Waals surface area contributed by atoms with Gasteiger partial charge in [-0.05, 0) is 57.3 Å². The predicted octanol–water partition coefficient (Wildman–Crippen LogP) is 11.6. The first-order chi connectivity index (χ1) is 20.9. The molecule has 42 heavy (non-hydrogen) atoms. The maximum Gasteiger partial charge on any atom is 0.0720 e. The lowest BCUT2D eigenvalue weighted by Gasteiger charge is -2.12. The largest absolute Gasteiger partial charge is 0.308 e. The zero-order valence-corrected chi connectivity index (χ0v) is 23.6. The highest BCUT2D eigenvalue weighted by atomic mass is 32.1. The molecule has 2 heterocycles. The van der Waals surface area contributed by atoms with E-state index in [4.69, 9.17) is 0 Å². The molecule has 7 aromatic carbocycles. The van der Waals surface area contributed by atoms with E-state index in [1.54, 1.807) is 0 Å². The summed E-state index contributed by atoms with van der Waals surface area (Å²) in [4.78, 5) is 0. The molecule has 0 saturated heterocycles. The van der Waals surface area contributed by atoms with Gasteiger partial charge < -0.3 is 4.57 Å². The van der Waals surface area contributed by atoms with Crippen LogP contribution in [-0.4, -0.2) is 4.57 Å². The summed E-state index contributed by atoms with van der Waals surface area (Å²) < 4.78 is 5.13. The average molecular weight is 552 g/mol. The number of para-hydroxylation sites is 2. The molecule has 0 unspecified atom stereocenters. The quantitative estimate of drug-likeness (QED) is 0.206. The molecule has 2 aromatic heterocycles. The van der Waals surface area contributed by atoms with E-state index in [1.807, 2.05) is 11.3 Å². The summed E-state index contributed by atoms with van der Waals surface area (Å²) in [6.45, 7) is 0. The van der Waals surface area contributed by atoms with Gasteiger partial charge in [-0.1, -0.05) is 127 Å². The van der Waals surface area contributed by atoms with Crippen molar-refractivity contribution < 1.29 is 0 Å².